The summed E-state index contributed by atoms with van der Waals surface area (Å²) in [6.45, 7) is 5.34. The van der Waals surface area contributed by atoms with Gasteiger partial charge >= 0.3 is 0 Å². The second-order valence-electron chi connectivity index (χ2n) is 6.33. The van der Waals surface area contributed by atoms with Crippen LogP contribution in [-0.2, 0) is 17.8 Å². The van der Waals surface area contributed by atoms with Gasteiger partial charge in [0.2, 0.25) is 5.91 Å². The molecule has 24 heavy (non-hydrogen) atoms. The van der Waals surface area contributed by atoms with Gasteiger partial charge in [0, 0.05) is 37.5 Å². The first-order valence-corrected chi connectivity index (χ1v) is 8.08. The van der Waals surface area contributed by atoms with Crippen molar-refractivity contribution in [2.45, 2.75) is 26.8 Å². The average molecular weight is 329 g/mol. The van der Waals surface area contributed by atoms with Crippen molar-refractivity contribution in [1.82, 2.24) is 10.1 Å². The lowest BCUT2D eigenvalue weighted by Crippen LogP contribution is -2.33. The van der Waals surface area contributed by atoms with E-state index in [4.69, 9.17) is 9.26 Å². The summed E-state index contributed by atoms with van der Waals surface area (Å²) >= 11 is 0. The van der Waals surface area contributed by atoms with Crippen LogP contribution in [0.15, 0.2) is 22.7 Å². The number of nitrogens with zero attached hydrogens (tertiary/aromatic N) is 3. The summed E-state index contributed by atoms with van der Waals surface area (Å²) in [5.41, 5.74) is 3.79. The Balaban J connectivity index is 1.80. The van der Waals surface area contributed by atoms with Crippen molar-refractivity contribution in [1.29, 1.82) is 0 Å². The van der Waals surface area contributed by atoms with Crippen LogP contribution in [0.25, 0.3) is 0 Å². The number of carbonyl (C=O) groups excluding carboxylic acids is 1. The Morgan fingerprint density at radius 1 is 1.33 bits per heavy atom. The number of benzene rings is 1. The molecular weight excluding hydrogens is 306 g/mol. The molecule has 2 aromatic rings. The number of rotatable bonds is 3. The largest absolute Gasteiger partial charge is 0.491 e. The van der Waals surface area contributed by atoms with Crippen LogP contribution in [0, 0.1) is 13.8 Å². The van der Waals surface area contributed by atoms with Gasteiger partial charge in [-0.25, -0.2) is 0 Å². The first-order valence-electron chi connectivity index (χ1n) is 8.08. The predicted molar refractivity (Wildman–Crippen MR) is 91.4 cm³/mol. The second-order valence-corrected chi connectivity index (χ2v) is 6.33. The summed E-state index contributed by atoms with van der Waals surface area (Å²) in [5, 5.41) is 3.92. The van der Waals surface area contributed by atoms with E-state index in [2.05, 4.69) is 11.2 Å². The van der Waals surface area contributed by atoms with E-state index in [0.717, 1.165) is 28.3 Å². The summed E-state index contributed by atoms with van der Waals surface area (Å²) < 4.78 is 11.0. The maximum atomic E-state index is 12.7. The normalized spacial score (nSPS) is 13.9. The highest BCUT2D eigenvalue weighted by Gasteiger charge is 2.22. The zero-order valence-electron chi connectivity index (χ0n) is 14.6. The third-order valence-corrected chi connectivity index (χ3v) is 4.40. The lowest BCUT2D eigenvalue weighted by molar-refractivity contribution is -0.131. The van der Waals surface area contributed by atoms with Crippen LogP contribution in [0.5, 0.6) is 5.75 Å². The van der Waals surface area contributed by atoms with E-state index < -0.39 is 0 Å². The minimum absolute atomic E-state index is 0.0658. The number of ether oxygens (including phenoxy) is 1. The van der Waals surface area contributed by atoms with Gasteiger partial charge in [-0.15, -0.1) is 0 Å². The van der Waals surface area contributed by atoms with Gasteiger partial charge in [-0.05, 0) is 32.0 Å². The Kier molecular flexibility index (Phi) is 4.46. The van der Waals surface area contributed by atoms with Crippen molar-refractivity contribution in [3.8, 4) is 5.75 Å². The number of hydrogen-bond acceptors (Lipinski definition) is 5. The van der Waals surface area contributed by atoms with Crippen molar-refractivity contribution in [2.24, 2.45) is 0 Å². The molecule has 0 spiro atoms. The van der Waals surface area contributed by atoms with Crippen molar-refractivity contribution in [3.05, 3.63) is 40.8 Å². The number of aromatic nitrogens is 1. The molecule has 6 nitrogen and oxygen atoms in total. The van der Waals surface area contributed by atoms with Crippen LogP contribution in [0.4, 0.5) is 5.69 Å². The molecule has 1 aromatic carbocycles. The van der Waals surface area contributed by atoms with Crippen LogP contribution in [-0.4, -0.2) is 43.2 Å². The molecule has 0 unspecified atom stereocenters. The number of aryl methyl sites for hydroxylation is 2. The molecule has 0 saturated carbocycles. The molecule has 0 N–H and O–H groups in total. The second kappa shape index (κ2) is 6.55. The fourth-order valence-corrected chi connectivity index (χ4v) is 2.89. The molecule has 1 aliphatic heterocycles. The third kappa shape index (κ3) is 3.22. The first kappa shape index (κ1) is 16.4. The van der Waals surface area contributed by atoms with Crippen LogP contribution in [0.3, 0.4) is 0 Å². The van der Waals surface area contributed by atoms with E-state index in [1.54, 1.807) is 0 Å². The number of hydrogen-bond donors (Lipinski definition) is 0. The van der Waals surface area contributed by atoms with Gasteiger partial charge in [0.05, 0.1) is 18.7 Å². The Hall–Kier alpha value is -2.50. The van der Waals surface area contributed by atoms with Gasteiger partial charge < -0.3 is 19.1 Å². The van der Waals surface area contributed by atoms with Crippen LogP contribution in [0.1, 0.15) is 22.6 Å². The zero-order chi connectivity index (χ0) is 17.3. The summed E-state index contributed by atoms with van der Waals surface area (Å²) in [4.78, 5) is 16.6. The molecule has 6 heteroatoms. The highest BCUT2D eigenvalue weighted by Crippen LogP contribution is 2.28. The van der Waals surface area contributed by atoms with E-state index in [9.17, 15) is 4.79 Å². The predicted octanol–water partition coefficient (Wildman–Crippen LogP) is 2.32. The molecule has 1 amide bonds. The lowest BCUT2D eigenvalue weighted by atomic mass is 10.1. The van der Waals surface area contributed by atoms with E-state index in [0.29, 0.717) is 31.9 Å². The number of fused-ring (bicyclic) bond motifs is 1. The first-order chi connectivity index (χ1) is 11.5. The summed E-state index contributed by atoms with van der Waals surface area (Å²) in [6.07, 6.45) is 0.309. The standard InChI is InChI=1S/C18H23N3O3/c1-12-16(13(2)24-19-12)10-18(22)21-7-8-23-17-6-5-15(20(3)4)9-14(17)11-21/h5-6,9H,7-8,10-11H2,1-4H3. The molecule has 0 bridgehead atoms. The Labute approximate surface area is 142 Å². The van der Waals surface area contributed by atoms with Gasteiger partial charge in [0.15, 0.2) is 0 Å². The van der Waals surface area contributed by atoms with Crippen molar-refractivity contribution in [3.63, 3.8) is 0 Å². The van der Waals surface area contributed by atoms with E-state index in [-0.39, 0.29) is 5.91 Å². The molecule has 2 heterocycles. The van der Waals surface area contributed by atoms with Crippen molar-refractivity contribution in [2.75, 3.05) is 32.1 Å². The monoisotopic (exact) mass is 329 g/mol. The summed E-state index contributed by atoms with van der Waals surface area (Å²) in [5.74, 6) is 1.63. The Morgan fingerprint density at radius 2 is 2.12 bits per heavy atom. The van der Waals surface area contributed by atoms with Gasteiger partial charge in [-0.1, -0.05) is 5.16 Å². The maximum absolute atomic E-state index is 12.7. The third-order valence-electron chi connectivity index (χ3n) is 4.40. The number of carbonyl (C=O) groups is 1. The Morgan fingerprint density at radius 3 is 2.79 bits per heavy atom. The SMILES string of the molecule is Cc1noc(C)c1CC(=O)N1CCOc2ccc(N(C)C)cc2C1. The summed E-state index contributed by atoms with van der Waals surface area (Å²) in [7, 11) is 4.00. The highest BCUT2D eigenvalue weighted by molar-refractivity contribution is 5.79. The van der Waals surface area contributed by atoms with Crippen LogP contribution >= 0.6 is 0 Å². The van der Waals surface area contributed by atoms with Crippen molar-refractivity contribution >= 4 is 11.6 Å². The van der Waals surface area contributed by atoms with Gasteiger partial charge in [-0.3, -0.25) is 4.79 Å². The van der Waals surface area contributed by atoms with Gasteiger partial charge in [0.25, 0.3) is 0 Å². The minimum Gasteiger partial charge on any atom is -0.491 e. The molecule has 1 aromatic heterocycles. The fourth-order valence-electron chi connectivity index (χ4n) is 2.89. The molecule has 0 fully saturated rings. The van der Waals surface area contributed by atoms with Gasteiger partial charge in [-0.2, -0.15) is 0 Å². The number of amides is 1. The zero-order valence-corrected chi connectivity index (χ0v) is 14.6. The number of anilines is 1. The van der Waals surface area contributed by atoms with E-state index >= 15 is 0 Å². The molecule has 0 aliphatic carbocycles. The molecule has 128 valence electrons. The molecule has 0 saturated heterocycles. The lowest BCUT2D eigenvalue weighted by Gasteiger charge is -2.20. The van der Waals surface area contributed by atoms with E-state index in [1.807, 2.05) is 49.9 Å². The smallest absolute Gasteiger partial charge is 0.227 e. The van der Waals surface area contributed by atoms with Crippen LogP contribution in [0.2, 0.25) is 0 Å². The summed E-state index contributed by atoms with van der Waals surface area (Å²) in [6, 6.07) is 6.09. The molecule has 3 rings (SSSR count). The average Bonchev–Trinajstić information content (AvgIpc) is 2.77. The fraction of sp³-hybridized carbons (Fsp3) is 0.444. The van der Waals surface area contributed by atoms with Crippen LogP contribution < -0.4 is 9.64 Å². The van der Waals surface area contributed by atoms with Crippen molar-refractivity contribution < 1.29 is 14.1 Å². The van der Waals surface area contributed by atoms with Gasteiger partial charge in [0.1, 0.15) is 18.1 Å². The molecular formula is C18H23N3O3. The highest BCUT2D eigenvalue weighted by atomic mass is 16.5. The Bertz CT molecular complexity index is 732. The minimum atomic E-state index is 0.0658. The molecule has 1 aliphatic rings. The molecule has 0 radical (unpaired) electrons. The quantitative estimate of drug-likeness (QED) is 0.865. The maximum Gasteiger partial charge on any atom is 0.227 e. The molecule has 0 atom stereocenters. The topological polar surface area (TPSA) is 58.8 Å². The van der Waals surface area contributed by atoms with E-state index in [1.165, 1.54) is 0 Å².